The van der Waals surface area contributed by atoms with Gasteiger partial charge in [-0.05, 0) is 53.4 Å². The Morgan fingerprint density at radius 3 is 3.12 bits per heavy atom. The second kappa shape index (κ2) is 8.83. The van der Waals surface area contributed by atoms with Crippen LogP contribution in [-0.4, -0.2) is 62.2 Å². The van der Waals surface area contributed by atoms with Crippen molar-refractivity contribution in [1.82, 2.24) is 35.3 Å². The van der Waals surface area contributed by atoms with Crippen LogP contribution >= 0.6 is 15.9 Å². The fourth-order valence-electron chi connectivity index (χ4n) is 4.13. The first-order chi connectivity index (χ1) is 15.6. The number of amides is 1. The lowest BCUT2D eigenvalue weighted by atomic mass is 10.1. The fraction of sp³-hybridized carbons (Fsp3) is 0.381. The fourth-order valence-corrected chi connectivity index (χ4v) is 4.57. The minimum absolute atomic E-state index is 0.00566. The van der Waals surface area contributed by atoms with Crippen molar-refractivity contribution in [2.75, 3.05) is 25.6 Å². The molecule has 5 rings (SSSR count). The van der Waals surface area contributed by atoms with Crippen molar-refractivity contribution in [3.05, 3.63) is 35.2 Å². The predicted molar refractivity (Wildman–Crippen MR) is 124 cm³/mol. The second-order valence-electron chi connectivity index (χ2n) is 7.91. The monoisotopic (exact) mass is 498 g/mol. The number of nitrogens with zero attached hydrogens (tertiary/aromatic N) is 5. The van der Waals surface area contributed by atoms with Gasteiger partial charge in [-0.25, -0.2) is 9.67 Å². The quantitative estimate of drug-likeness (QED) is 0.334. The molecule has 1 amide bonds. The number of carbonyl (C=O) groups excluding carboxylic acids is 1. The molecule has 1 aromatic carbocycles. The molecule has 3 N–H and O–H groups in total. The third-order valence-corrected chi connectivity index (χ3v) is 6.38. The first-order valence-corrected chi connectivity index (χ1v) is 11.3. The number of hydrogen-bond donors (Lipinski definition) is 3. The third kappa shape index (κ3) is 4.05. The van der Waals surface area contributed by atoms with Gasteiger partial charge in [-0.1, -0.05) is 0 Å². The number of fused-ring (bicyclic) bond motifs is 2. The van der Waals surface area contributed by atoms with Crippen LogP contribution in [0.25, 0.3) is 27.6 Å². The van der Waals surface area contributed by atoms with Crippen molar-refractivity contribution >= 4 is 49.7 Å². The molecule has 0 bridgehead atoms. The van der Waals surface area contributed by atoms with Crippen LogP contribution < -0.4 is 10.6 Å². The SMILES string of the molecule is COCCNC(=O)[C@@H]1CC[C@@H](Nc2ncc3c(Br)nn(-c4ccc5cn[nH]c5c4)c3n2)C1. The molecule has 2 atom stereocenters. The molecule has 0 saturated heterocycles. The summed E-state index contributed by atoms with van der Waals surface area (Å²) in [6, 6.07) is 6.11. The first-order valence-electron chi connectivity index (χ1n) is 10.5. The number of anilines is 1. The number of carbonyl (C=O) groups is 1. The molecule has 3 aromatic heterocycles. The van der Waals surface area contributed by atoms with Gasteiger partial charge in [0.15, 0.2) is 5.65 Å². The number of nitrogens with one attached hydrogen (secondary N) is 3. The largest absolute Gasteiger partial charge is 0.383 e. The number of aromatic amines is 1. The number of ether oxygens (including phenoxy) is 1. The Morgan fingerprint density at radius 2 is 2.25 bits per heavy atom. The molecule has 0 unspecified atom stereocenters. The summed E-state index contributed by atoms with van der Waals surface area (Å²) in [6.45, 7) is 1.05. The van der Waals surface area contributed by atoms with Gasteiger partial charge in [0, 0.05) is 37.2 Å². The number of rotatable bonds is 7. The van der Waals surface area contributed by atoms with Gasteiger partial charge in [0.05, 0.1) is 29.4 Å². The van der Waals surface area contributed by atoms with Gasteiger partial charge < -0.3 is 15.4 Å². The minimum Gasteiger partial charge on any atom is -0.383 e. The zero-order valence-electron chi connectivity index (χ0n) is 17.5. The van der Waals surface area contributed by atoms with Crippen LogP contribution in [0.4, 0.5) is 5.95 Å². The zero-order valence-corrected chi connectivity index (χ0v) is 19.1. The van der Waals surface area contributed by atoms with Crippen molar-refractivity contribution in [2.24, 2.45) is 5.92 Å². The van der Waals surface area contributed by atoms with Gasteiger partial charge in [0.2, 0.25) is 11.9 Å². The van der Waals surface area contributed by atoms with E-state index in [-0.39, 0.29) is 17.9 Å². The molecule has 4 aromatic rings. The standard InChI is InChI=1S/C21H23BrN8O2/c1-32-7-6-23-20(31)12-2-4-14(8-12)26-21-24-11-16-18(22)29-30(19(16)27-21)15-5-3-13-10-25-28-17(13)9-15/h3,5,9-12,14H,2,4,6-8H2,1H3,(H,23,31)(H,25,28)(H,24,26,27)/t12-,14-/m1/s1. The summed E-state index contributed by atoms with van der Waals surface area (Å²) in [4.78, 5) is 21.5. The van der Waals surface area contributed by atoms with Gasteiger partial charge in [-0.3, -0.25) is 9.89 Å². The summed E-state index contributed by atoms with van der Waals surface area (Å²) >= 11 is 3.51. The molecule has 0 aliphatic heterocycles. The normalized spacial score (nSPS) is 18.4. The van der Waals surface area contributed by atoms with E-state index in [9.17, 15) is 4.79 Å². The maximum absolute atomic E-state index is 12.3. The number of hydrogen-bond acceptors (Lipinski definition) is 7. The van der Waals surface area contributed by atoms with E-state index in [4.69, 9.17) is 9.72 Å². The minimum atomic E-state index is -0.00566. The van der Waals surface area contributed by atoms with Gasteiger partial charge >= 0.3 is 0 Å². The molecule has 3 heterocycles. The third-order valence-electron chi connectivity index (χ3n) is 5.79. The number of halogens is 1. The Bertz CT molecular complexity index is 1270. The molecule has 166 valence electrons. The second-order valence-corrected chi connectivity index (χ2v) is 8.66. The summed E-state index contributed by atoms with van der Waals surface area (Å²) in [5.41, 5.74) is 2.49. The molecule has 0 radical (unpaired) electrons. The Hall–Kier alpha value is -3.05. The highest BCUT2D eigenvalue weighted by Gasteiger charge is 2.30. The lowest BCUT2D eigenvalue weighted by molar-refractivity contribution is -0.125. The van der Waals surface area contributed by atoms with E-state index in [1.54, 1.807) is 24.2 Å². The average Bonchev–Trinajstić information content (AvgIpc) is 3.52. The van der Waals surface area contributed by atoms with E-state index in [0.717, 1.165) is 41.2 Å². The number of benzene rings is 1. The number of H-pyrrole nitrogens is 1. The molecular formula is C21H23BrN8O2. The van der Waals surface area contributed by atoms with Gasteiger partial charge in [0.1, 0.15) is 4.60 Å². The van der Waals surface area contributed by atoms with Crippen molar-refractivity contribution in [1.29, 1.82) is 0 Å². The highest BCUT2D eigenvalue weighted by Crippen LogP contribution is 2.29. The molecule has 11 heteroatoms. The predicted octanol–water partition coefficient (Wildman–Crippen LogP) is 2.80. The molecule has 0 spiro atoms. The van der Waals surface area contributed by atoms with Gasteiger partial charge in [-0.15, -0.1) is 0 Å². The van der Waals surface area contributed by atoms with Crippen molar-refractivity contribution in [2.45, 2.75) is 25.3 Å². The van der Waals surface area contributed by atoms with Crippen LogP contribution in [0.15, 0.2) is 35.2 Å². The summed E-state index contributed by atoms with van der Waals surface area (Å²) in [5, 5.41) is 19.8. The van der Waals surface area contributed by atoms with Crippen LogP contribution in [0.2, 0.25) is 0 Å². The topological polar surface area (TPSA) is 123 Å². The van der Waals surface area contributed by atoms with Crippen LogP contribution in [0.1, 0.15) is 19.3 Å². The lowest BCUT2D eigenvalue weighted by Gasteiger charge is -2.13. The summed E-state index contributed by atoms with van der Waals surface area (Å²) in [6.07, 6.45) is 6.03. The van der Waals surface area contributed by atoms with Crippen LogP contribution in [0, 0.1) is 5.92 Å². The molecule has 32 heavy (non-hydrogen) atoms. The molecule has 1 aliphatic carbocycles. The Kier molecular flexibility index (Phi) is 5.75. The van der Waals surface area contributed by atoms with E-state index in [1.165, 1.54) is 0 Å². The van der Waals surface area contributed by atoms with E-state index in [0.29, 0.717) is 29.4 Å². The van der Waals surface area contributed by atoms with E-state index in [2.05, 4.69) is 46.8 Å². The van der Waals surface area contributed by atoms with Crippen molar-refractivity contribution < 1.29 is 9.53 Å². The summed E-state index contributed by atoms with van der Waals surface area (Å²) in [5.74, 6) is 0.604. The van der Waals surface area contributed by atoms with E-state index < -0.39 is 0 Å². The maximum atomic E-state index is 12.3. The maximum Gasteiger partial charge on any atom is 0.224 e. The van der Waals surface area contributed by atoms with Gasteiger partial charge in [-0.2, -0.15) is 15.2 Å². The summed E-state index contributed by atoms with van der Waals surface area (Å²) in [7, 11) is 1.62. The Balaban J connectivity index is 1.35. The average molecular weight is 499 g/mol. The first kappa shape index (κ1) is 20.8. The van der Waals surface area contributed by atoms with Crippen LogP contribution in [0.5, 0.6) is 0 Å². The van der Waals surface area contributed by atoms with Crippen LogP contribution in [0.3, 0.4) is 0 Å². The van der Waals surface area contributed by atoms with Crippen LogP contribution in [-0.2, 0) is 9.53 Å². The Labute approximate surface area is 192 Å². The molecule has 1 fully saturated rings. The van der Waals surface area contributed by atoms with E-state index in [1.807, 2.05) is 18.2 Å². The molecular weight excluding hydrogens is 476 g/mol. The lowest BCUT2D eigenvalue weighted by Crippen LogP contribution is -2.32. The van der Waals surface area contributed by atoms with Gasteiger partial charge in [0.25, 0.3) is 0 Å². The smallest absolute Gasteiger partial charge is 0.224 e. The molecule has 1 aliphatic rings. The highest BCUT2D eigenvalue weighted by molar-refractivity contribution is 9.10. The number of aromatic nitrogens is 6. The van der Waals surface area contributed by atoms with E-state index >= 15 is 0 Å². The Morgan fingerprint density at radius 1 is 1.34 bits per heavy atom. The highest BCUT2D eigenvalue weighted by atomic mass is 79.9. The molecule has 10 nitrogen and oxygen atoms in total. The van der Waals surface area contributed by atoms with Crippen molar-refractivity contribution in [3.63, 3.8) is 0 Å². The van der Waals surface area contributed by atoms with Crippen molar-refractivity contribution in [3.8, 4) is 5.69 Å². The number of methoxy groups -OCH3 is 1. The zero-order chi connectivity index (χ0) is 22.1. The summed E-state index contributed by atoms with van der Waals surface area (Å²) < 4.78 is 7.45. The molecule has 1 saturated carbocycles.